The molecule has 5 heteroatoms. The number of hydrogen-bond acceptors (Lipinski definition) is 2. The van der Waals surface area contributed by atoms with Crippen LogP contribution >= 0.6 is 0 Å². The Kier molecular flexibility index (Phi) is 17.5. The van der Waals surface area contributed by atoms with Gasteiger partial charge < -0.3 is 10.6 Å². The Bertz CT molecular complexity index is 809. The van der Waals surface area contributed by atoms with Crippen molar-refractivity contribution in [3.05, 3.63) is 120 Å². The second-order valence-electron chi connectivity index (χ2n) is 7.35. The molecule has 1 aliphatic rings. The number of rotatable bonds is 0. The second kappa shape index (κ2) is 19.0. The number of hydrogen-bond donors (Lipinski definition) is 0. The molecule has 0 aliphatic carbocycles. The molecule has 0 amide bonds. The molecule has 2 aromatic rings. The molecule has 3 rings (SSSR count). The first-order valence-electron chi connectivity index (χ1n) is 10.8. The van der Waals surface area contributed by atoms with Crippen LogP contribution in [0.15, 0.2) is 94.2 Å². The molecule has 4 nitrogen and oxygen atoms in total. The maximum atomic E-state index is 4.44. The molecule has 0 N–H and O–H groups in total. The fourth-order valence-corrected chi connectivity index (χ4v) is 2.65. The monoisotopic (exact) mass is 518 g/mol. The van der Waals surface area contributed by atoms with Crippen LogP contribution < -0.4 is 0 Å². The van der Waals surface area contributed by atoms with Crippen molar-refractivity contribution in [1.29, 1.82) is 0 Å². The fourth-order valence-electron chi connectivity index (χ4n) is 2.65. The summed E-state index contributed by atoms with van der Waals surface area (Å²) in [4.78, 5) is 8.89. The summed E-state index contributed by atoms with van der Waals surface area (Å²) in [6.07, 6.45) is 4.01. The summed E-state index contributed by atoms with van der Waals surface area (Å²) in [7, 11) is 0. The molecule has 0 spiro atoms. The van der Waals surface area contributed by atoms with Crippen LogP contribution in [0.3, 0.4) is 0 Å². The summed E-state index contributed by atoms with van der Waals surface area (Å²) < 4.78 is 0. The third kappa shape index (κ3) is 17.7. The molecule has 0 saturated carbocycles. The predicted octanol–water partition coefficient (Wildman–Crippen LogP) is 7.21. The van der Waals surface area contributed by atoms with E-state index in [4.69, 9.17) is 0 Å². The standard InChI is InChI=1S/C14H22N4.2C7H7.Zr/c1-11-9-12(2)16-7-8-18-14(4)10-13(3)17-6-5-15-11;2*1-7-5-3-2-4-6-7;/h9-10H,5-8H2,1-4H3;2*2-6H,1H2;/q-2;2*-1;+4/b11-9-,14-10-,16-12?,17-13?;;;. The van der Waals surface area contributed by atoms with Crippen LogP contribution in [0.4, 0.5) is 0 Å². The van der Waals surface area contributed by atoms with Crippen molar-refractivity contribution in [3.8, 4) is 0 Å². The van der Waals surface area contributed by atoms with Gasteiger partial charge >= 0.3 is 26.2 Å². The van der Waals surface area contributed by atoms with Crippen molar-refractivity contribution in [2.45, 2.75) is 27.7 Å². The minimum absolute atomic E-state index is 0. The first-order valence-corrected chi connectivity index (χ1v) is 10.8. The van der Waals surface area contributed by atoms with E-state index in [1.54, 1.807) is 0 Å². The smallest absolute Gasteiger partial charge is 0.686 e. The van der Waals surface area contributed by atoms with Gasteiger partial charge in [-0.15, -0.1) is 37.4 Å². The van der Waals surface area contributed by atoms with E-state index >= 15 is 0 Å². The van der Waals surface area contributed by atoms with Gasteiger partial charge in [-0.05, 0) is 13.8 Å². The van der Waals surface area contributed by atoms with Crippen LogP contribution in [0.25, 0.3) is 10.6 Å². The molecule has 33 heavy (non-hydrogen) atoms. The average molecular weight is 520 g/mol. The maximum Gasteiger partial charge on any atom is 4.00 e. The Morgan fingerprint density at radius 1 is 0.606 bits per heavy atom. The molecule has 1 heterocycles. The summed E-state index contributed by atoms with van der Waals surface area (Å²) in [5, 5.41) is 8.89. The zero-order valence-electron chi connectivity index (χ0n) is 20.5. The van der Waals surface area contributed by atoms with Gasteiger partial charge in [0.2, 0.25) is 0 Å². The average Bonchev–Trinajstić information content (AvgIpc) is 2.76. The molecule has 172 valence electrons. The van der Waals surface area contributed by atoms with Crippen molar-refractivity contribution >= 4 is 11.4 Å². The van der Waals surface area contributed by atoms with Gasteiger partial charge in [0.05, 0.1) is 0 Å². The zero-order chi connectivity index (χ0) is 23.6. The summed E-state index contributed by atoms with van der Waals surface area (Å²) >= 11 is 0. The van der Waals surface area contributed by atoms with Gasteiger partial charge in [0, 0.05) is 24.5 Å². The molecule has 1 aliphatic heterocycles. The normalized spacial score (nSPS) is 17.3. The molecule has 2 aromatic carbocycles. The van der Waals surface area contributed by atoms with Gasteiger partial charge in [0.25, 0.3) is 0 Å². The van der Waals surface area contributed by atoms with Gasteiger partial charge in [-0.1, -0.05) is 38.1 Å². The van der Waals surface area contributed by atoms with Crippen LogP contribution in [-0.2, 0) is 26.2 Å². The fraction of sp³-hybridized carbons (Fsp3) is 0.286. The van der Waals surface area contributed by atoms with Gasteiger partial charge in [-0.3, -0.25) is 9.98 Å². The van der Waals surface area contributed by atoms with Gasteiger partial charge in [0.1, 0.15) is 0 Å². The number of nitrogens with zero attached hydrogens (tertiary/aromatic N) is 4. The van der Waals surface area contributed by atoms with Gasteiger partial charge in [-0.2, -0.15) is 60.6 Å². The summed E-state index contributed by atoms with van der Waals surface area (Å²) in [6, 6.07) is 19.7. The first-order chi connectivity index (χ1) is 15.4. The van der Waals surface area contributed by atoms with E-state index in [1.165, 1.54) is 0 Å². The Morgan fingerprint density at radius 2 is 0.939 bits per heavy atom. The molecule has 0 bridgehead atoms. The summed E-state index contributed by atoms with van der Waals surface area (Å²) in [5.41, 5.74) is 6.16. The second-order valence-corrected chi connectivity index (χ2v) is 7.35. The van der Waals surface area contributed by atoms with Crippen molar-refractivity contribution in [3.63, 3.8) is 0 Å². The minimum Gasteiger partial charge on any atom is -0.686 e. The van der Waals surface area contributed by atoms with E-state index in [-0.39, 0.29) is 26.2 Å². The molecule has 0 aromatic heterocycles. The molecule has 0 unspecified atom stereocenters. The number of allylic oxidation sites excluding steroid dienone is 4. The van der Waals surface area contributed by atoms with E-state index < -0.39 is 0 Å². The molecule has 0 radical (unpaired) electrons. The van der Waals surface area contributed by atoms with E-state index in [2.05, 4.69) is 34.5 Å². The Morgan fingerprint density at radius 3 is 1.21 bits per heavy atom. The van der Waals surface area contributed by atoms with E-state index in [0.717, 1.165) is 60.1 Å². The third-order valence-electron chi connectivity index (χ3n) is 4.17. The van der Waals surface area contributed by atoms with Crippen LogP contribution in [0.5, 0.6) is 0 Å². The summed E-state index contributed by atoms with van der Waals surface area (Å²) in [5.74, 6) is 0. The molecule has 0 atom stereocenters. The minimum atomic E-state index is 0. The largest absolute Gasteiger partial charge is 4.00 e. The molecule has 0 saturated heterocycles. The zero-order valence-corrected chi connectivity index (χ0v) is 22.9. The van der Waals surface area contributed by atoms with Gasteiger partial charge in [-0.25, -0.2) is 0 Å². The van der Waals surface area contributed by atoms with Crippen molar-refractivity contribution in [2.24, 2.45) is 9.98 Å². The van der Waals surface area contributed by atoms with Gasteiger partial charge in [0.15, 0.2) is 0 Å². The number of benzene rings is 2. The Balaban J connectivity index is 0.000000556. The van der Waals surface area contributed by atoms with Crippen molar-refractivity contribution in [1.82, 2.24) is 0 Å². The molecular formula is C28H36N4Zr. The van der Waals surface area contributed by atoms with Crippen LogP contribution in [0, 0.1) is 13.8 Å². The number of aliphatic imine (C=N–C) groups is 2. The van der Waals surface area contributed by atoms with Crippen molar-refractivity contribution in [2.75, 3.05) is 26.2 Å². The van der Waals surface area contributed by atoms with Crippen LogP contribution in [0.2, 0.25) is 0 Å². The first kappa shape index (κ1) is 30.5. The van der Waals surface area contributed by atoms with Crippen LogP contribution in [-0.4, -0.2) is 37.6 Å². The SMILES string of the molecule is CC1=NCC[N-]/C(C)=C\C(C)=NCC[N-]/C(C)=C\1.[CH2-]c1ccccc1.[CH2-]c1ccccc1.[Zr+4]. The Hall–Kier alpha value is -2.52. The third-order valence-corrected chi connectivity index (χ3v) is 4.17. The van der Waals surface area contributed by atoms with E-state index in [1.807, 2.05) is 101 Å². The maximum absolute atomic E-state index is 4.44. The van der Waals surface area contributed by atoms with Crippen molar-refractivity contribution < 1.29 is 26.2 Å². The molecule has 0 fully saturated rings. The van der Waals surface area contributed by atoms with E-state index in [0.29, 0.717) is 0 Å². The summed E-state index contributed by atoms with van der Waals surface area (Å²) in [6.45, 7) is 18.3. The topological polar surface area (TPSA) is 52.9 Å². The quantitative estimate of drug-likeness (QED) is 0.330. The Labute approximate surface area is 220 Å². The predicted molar refractivity (Wildman–Crippen MR) is 142 cm³/mol. The van der Waals surface area contributed by atoms with Crippen LogP contribution in [0.1, 0.15) is 38.8 Å². The molecular weight excluding hydrogens is 484 g/mol. The van der Waals surface area contributed by atoms with E-state index in [9.17, 15) is 0 Å².